The summed E-state index contributed by atoms with van der Waals surface area (Å²) in [7, 11) is 0. The Hall–Kier alpha value is -1.83. The van der Waals surface area contributed by atoms with Crippen LogP contribution in [0.15, 0.2) is 0 Å². The highest BCUT2D eigenvalue weighted by Gasteiger charge is 2.22. The summed E-state index contributed by atoms with van der Waals surface area (Å²) >= 11 is 5.15. The number of carboxylic acids is 2. The molecule has 0 rings (SSSR count). The number of thiol groups is 1. The summed E-state index contributed by atoms with van der Waals surface area (Å²) in [6, 6.07) is -2.93. The predicted octanol–water partition coefficient (Wildman–Crippen LogP) is -2.19. The minimum absolute atomic E-state index is 0.0889. The number of thioether (sulfide) groups is 1. The zero-order valence-electron chi connectivity index (χ0n) is 15.1. The van der Waals surface area contributed by atoms with Crippen LogP contribution in [0.3, 0.4) is 0 Å². The number of rotatable bonds is 15. The van der Waals surface area contributed by atoms with Crippen LogP contribution in [0.4, 0.5) is 0 Å². The number of aliphatic carboxylic acids is 2. The van der Waals surface area contributed by atoms with E-state index in [1.54, 1.807) is 0 Å². The maximum atomic E-state index is 12.1. The summed E-state index contributed by atoms with van der Waals surface area (Å²) in [4.78, 5) is 56.9. The van der Waals surface area contributed by atoms with Gasteiger partial charge in [-0.25, -0.2) is 0 Å². The van der Waals surface area contributed by atoms with E-state index in [4.69, 9.17) is 21.7 Å². The van der Waals surface area contributed by atoms with Gasteiger partial charge in [-0.2, -0.15) is 24.4 Å². The van der Waals surface area contributed by atoms with E-state index >= 15 is 0 Å². The third kappa shape index (κ3) is 11.8. The number of ketones is 1. The van der Waals surface area contributed by atoms with Crippen molar-refractivity contribution in [3.05, 3.63) is 0 Å². The molecule has 3 atom stereocenters. The van der Waals surface area contributed by atoms with Crippen molar-refractivity contribution in [3.8, 4) is 0 Å². The van der Waals surface area contributed by atoms with Crippen molar-refractivity contribution >= 4 is 53.9 Å². The monoisotopic (exact) mass is 438 g/mol. The second-order valence-electron chi connectivity index (χ2n) is 5.80. The highest BCUT2D eigenvalue weighted by Crippen LogP contribution is 2.08. The number of amides is 2. The highest BCUT2D eigenvalue weighted by atomic mass is 32.2. The van der Waals surface area contributed by atoms with Crippen LogP contribution in [0.2, 0.25) is 0 Å². The minimum atomic E-state index is -1.25. The summed E-state index contributed by atoms with van der Waals surface area (Å²) in [5, 5.41) is 21.9. The van der Waals surface area contributed by atoms with Crippen molar-refractivity contribution in [2.75, 3.05) is 23.8 Å². The molecule has 28 heavy (non-hydrogen) atoms. The van der Waals surface area contributed by atoms with Crippen LogP contribution in [0.1, 0.15) is 19.3 Å². The van der Waals surface area contributed by atoms with Crippen molar-refractivity contribution in [1.29, 1.82) is 0 Å². The molecule has 0 saturated heterocycles. The van der Waals surface area contributed by atoms with E-state index in [0.717, 1.165) is 0 Å². The van der Waals surface area contributed by atoms with Crippen LogP contribution in [0, 0.1) is 0 Å². The van der Waals surface area contributed by atoms with Gasteiger partial charge in [0, 0.05) is 30.1 Å². The second-order valence-corrected chi connectivity index (χ2v) is 7.31. The standard InChI is InChI=1S/C15H26N4O7S2/c16-8(15(25)26)1-2-12(21)19-10(14(24)18-5-13(22)23)7-28-4-3-11(20)9(17)6-27/h8-10,27H,1-7,16-17H2,(H,18,24)(H,19,21)(H,22,23)(H,25,26)/t8-,9?,10-/m0/s1. The van der Waals surface area contributed by atoms with E-state index in [1.165, 1.54) is 11.8 Å². The van der Waals surface area contributed by atoms with E-state index in [1.807, 2.05) is 0 Å². The number of Topliss-reactive ketones (excluding diaryl/α,β-unsaturated/α-hetero) is 1. The third-order valence-electron chi connectivity index (χ3n) is 3.45. The van der Waals surface area contributed by atoms with Crippen molar-refractivity contribution in [3.63, 3.8) is 0 Å². The molecular weight excluding hydrogens is 412 g/mol. The lowest BCUT2D eigenvalue weighted by Crippen LogP contribution is -2.49. The van der Waals surface area contributed by atoms with Gasteiger partial charge in [0.2, 0.25) is 11.8 Å². The molecule has 0 saturated carbocycles. The fourth-order valence-electron chi connectivity index (χ4n) is 1.81. The Morgan fingerprint density at radius 3 is 2.21 bits per heavy atom. The van der Waals surface area contributed by atoms with Gasteiger partial charge in [-0.05, 0) is 6.42 Å². The fourth-order valence-corrected chi connectivity index (χ4v) is 2.99. The number of carbonyl (C=O) groups is 5. The molecule has 0 aromatic rings. The minimum Gasteiger partial charge on any atom is -0.480 e. The quantitative estimate of drug-likeness (QED) is 0.109. The van der Waals surface area contributed by atoms with Crippen LogP contribution in [-0.2, 0) is 24.0 Å². The average molecular weight is 439 g/mol. The Kier molecular flexibility index (Phi) is 13.3. The smallest absolute Gasteiger partial charge is 0.322 e. The lowest BCUT2D eigenvalue weighted by molar-refractivity contribution is -0.139. The fraction of sp³-hybridized carbons (Fsp3) is 0.667. The van der Waals surface area contributed by atoms with Gasteiger partial charge < -0.3 is 32.3 Å². The molecule has 0 bridgehead atoms. The number of carboxylic acid groups (broad SMARTS) is 2. The number of hydrogen-bond acceptors (Lipinski definition) is 9. The number of nitrogens with one attached hydrogen (secondary N) is 2. The normalized spacial score (nSPS) is 13.8. The number of hydrogen-bond donors (Lipinski definition) is 7. The molecule has 0 aromatic heterocycles. The zero-order valence-corrected chi connectivity index (χ0v) is 16.8. The van der Waals surface area contributed by atoms with Gasteiger partial charge in [-0.1, -0.05) is 0 Å². The first kappa shape index (κ1) is 26.2. The molecule has 11 nitrogen and oxygen atoms in total. The van der Waals surface area contributed by atoms with Gasteiger partial charge in [-0.3, -0.25) is 24.0 Å². The predicted molar refractivity (Wildman–Crippen MR) is 106 cm³/mol. The Morgan fingerprint density at radius 2 is 1.68 bits per heavy atom. The molecule has 0 aliphatic rings. The second kappa shape index (κ2) is 14.2. The van der Waals surface area contributed by atoms with Crippen molar-refractivity contribution in [2.45, 2.75) is 37.4 Å². The lowest BCUT2D eigenvalue weighted by atomic mass is 10.1. The van der Waals surface area contributed by atoms with E-state index in [9.17, 15) is 24.0 Å². The van der Waals surface area contributed by atoms with Gasteiger partial charge in [0.05, 0.1) is 6.04 Å². The molecule has 1 unspecified atom stereocenters. The Balaban J connectivity index is 4.62. The van der Waals surface area contributed by atoms with Gasteiger partial charge >= 0.3 is 11.9 Å². The molecular formula is C15H26N4O7S2. The first-order valence-electron chi connectivity index (χ1n) is 8.32. The van der Waals surface area contributed by atoms with Crippen molar-refractivity contribution < 1.29 is 34.2 Å². The van der Waals surface area contributed by atoms with E-state index < -0.39 is 48.4 Å². The first-order valence-corrected chi connectivity index (χ1v) is 10.1. The number of carbonyl (C=O) groups excluding carboxylic acids is 3. The molecule has 0 aliphatic heterocycles. The van der Waals surface area contributed by atoms with Crippen molar-refractivity contribution in [2.24, 2.45) is 11.5 Å². The van der Waals surface area contributed by atoms with Gasteiger partial charge in [-0.15, -0.1) is 0 Å². The van der Waals surface area contributed by atoms with Crippen LogP contribution in [0.25, 0.3) is 0 Å². The summed E-state index contributed by atoms with van der Waals surface area (Å²) in [5.74, 6) is -3.31. The van der Waals surface area contributed by atoms with E-state index in [2.05, 4.69) is 23.3 Å². The third-order valence-corrected chi connectivity index (χ3v) is 4.91. The first-order chi connectivity index (χ1) is 13.1. The molecule has 0 aliphatic carbocycles. The summed E-state index contributed by atoms with van der Waals surface area (Å²) in [6.07, 6.45) is -0.165. The molecule has 0 aromatic carbocycles. The Bertz CT molecular complexity index is 577. The SMILES string of the molecule is NC(CS)C(=O)CCSC[C@H](NC(=O)CC[C@H](N)C(=O)O)C(=O)NCC(=O)O. The van der Waals surface area contributed by atoms with Gasteiger partial charge in [0.1, 0.15) is 18.6 Å². The molecule has 0 spiro atoms. The molecule has 160 valence electrons. The van der Waals surface area contributed by atoms with Crippen LogP contribution in [-0.4, -0.2) is 81.7 Å². The largest absolute Gasteiger partial charge is 0.480 e. The highest BCUT2D eigenvalue weighted by molar-refractivity contribution is 7.99. The van der Waals surface area contributed by atoms with E-state index in [0.29, 0.717) is 5.75 Å². The zero-order chi connectivity index (χ0) is 21.7. The Morgan fingerprint density at radius 1 is 1.04 bits per heavy atom. The molecule has 0 fully saturated rings. The van der Waals surface area contributed by atoms with Crippen LogP contribution < -0.4 is 22.1 Å². The topological polar surface area (TPSA) is 202 Å². The summed E-state index contributed by atoms with van der Waals surface area (Å²) in [6.45, 7) is -0.616. The Labute approximate surface area is 171 Å². The lowest BCUT2D eigenvalue weighted by Gasteiger charge is -2.18. The maximum Gasteiger partial charge on any atom is 0.322 e. The van der Waals surface area contributed by atoms with Gasteiger partial charge in [0.25, 0.3) is 0 Å². The summed E-state index contributed by atoms with van der Waals surface area (Å²) < 4.78 is 0. The van der Waals surface area contributed by atoms with Crippen LogP contribution in [0.5, 0.6) is 0 Å². The molecule has 8 N–H and O–H groups in total. The summed E-state index contributed by atoms with van der Waals surface area (Å²) in [5.41, 5.74) is 10.9. The maximum absolute atomic E-state index is 12.1. The van der Waals surface area contributed by atoms with Crippen LogP contribution >= 0.6 is 24.4 Å². The average Bonchev–Trinajstić information content (AvgIpc) is 2.65. The molecule has 0 radical (unpaired) electrons. The number of nitrogens with two attached hydrogens (primary N) is 2. The molecule has 0 heterocycles. The molecule has 2 amide bonds. The van der Waals surface area contributed by atoms with E-state index in [-0.39, 0.29) is 36.6 Å². The van der Waals surface area contributed by atoms with Gasteiger partial charge in [0.15, 0.2) is 5.78 Å². The van der Waals surface area contributed by atoms with Crippen molar-refractivity contribution in [1.82, 2.24) is 10.6 Å². The molecule has 13 heteroatoms.